The van der Waals surface area contributed by atoms with Crippen LogP contribution in [0.1, 0.15) is 97.0 Å². The summed E-state index contributed by atoms with van der Waals surface area (Å²) in [6.07, 6.45) is -0.214. The van der Waals surface area contributed by atoms with E-state index in [1.165, 1.54) is 23.9 Å². The predicted molar refractivity (Wildman–Crippen MR) is 215 cm³/mol. The summed E-state index contributed by atoms with van der Waals surface area (Å²) < 4.78 is 86.7. The van der Waals surface area contributed by atoms with Gasteiger partial charge in [-0.25, -0.2) is 4.98 Å². The van der Waals surface area contributed by atoms with Crippen LogP contribution < -0.4 is 5.19 Å². The van der Waals surface area contributed by atoms with Gasteiger partial charge in [0.05, 0.1) is 13.7 Å². The number of benzene rings is 2. The molecule has 2 aromatic carbocycles. The van der Waals surface area contributed by atoms with E-state index in [1.807, 2.05) is 38.2 Å². The minimum absolute atomic E-state index is 0. The van der Waals surface area contributed by atoms with Crippen LogP contribution in [-0.2, 0) is 38.3 Å². The fourth-order valence-corrected chi connectivity index (χ4v) is 6.94. The maximum atomic E-state index is 8.69. The Morgan fingerprint density at radius 2 is 1.51 bits per heavy atom. The van der Waals surface area contributed by atoms with Gasteiger partial charge in [-0.2, -0.15) is 0 Å². The fourth-order valence-electron chi connectivity index (χ4n) is 5.54. The monoisotopic (exact) mass is 884 g/mol. The van der Waals surface area contributed by atoms with E-state index in [4.69, 9.17) is 18.1 Å². The van der Waals surface area contributed by atoms with Crippen molar-refractivity contribution < 1.29 is 38.2 Å². The second-order valence-electron chi connectivity index (χ2n) is 16.2. The molecule has 0 N–H and O–H groups in total. The Labute approximate surface area is 335 Å². The van der Waals surface area contributed by atoms with Gasteiger partial charge in [-0.15, -0.1) is 59.2 Å². The van der Waals surface area contributed by atoms with Crippen LogP contribution in [0.15, 0.2) is 71.4 Å². The van der Waals surface area contributed by atoms with Gasteiger partial charge in [0.2, 0.25) is 5.71 Å². The summed E-state index contributed by atoms with van der Waals surface area (Å²) >= 11 is 0. The summed E-state index contributed by atoms with van der Waals surface area (Å²) in [6, 6.07) is 22.4. The Hall–Kier alpha value is -3.44. The zero-order valence-electron chi connectivity index (χ0n) is 41.5. The molecule has 4 aromatic heterocycles. The van der Waals surface area contributed by atoms with Crippen molar-refractivity contribution in [1.82, 2.24) is 15.0 Å². The van der Waals surface area contributed by atoms with Gasteiger partial charge >= 0.3 is 0 Å². The molecule has 0 saturated carbocycles. The Morgan fingerprint density at radius 3 is 2.12 bits per heavy atom. The normalized spacial score (nSPS) is 16.2. The Morgan fingerprint density at radius 1 is 0.824 bits per heavy atom. The zero-order chi connectivity index (χ0) is 45.2. The number of aromatic nitrogens is 3. The predicted octanol–water partition coefficient (Wildman–Crippen LogP) is 11.6. The fraction of sp³-hybridized carbons (Fsp3) is 0.400. The maximum Gasteiger partial charge on any atom is 0.216 e. The molecule has 0 fully saturated rings. The Kier molecular flexibility index (Phi) is 8.63. The quantitative estimate of drug-likeness (QED) is 0.124. The molecule has 0 aliphatic carbocycles. The molecule has 0 aliphatic rings. The van der Waals surface area contributed by atoms with E-state index in [9.17, 15) is 0 Å². The maximum absolute atomic E-state index is 8.69. The van der Waals surface area contributed by atoms with Crippen LogP contribution in [0.25, 0.3) is 44.6 Å². The molecule has 0 amide bonds. The molecule has 6 rings (SSSR count). The van der Waals surface area contributed by atoms with Crippen molar-refractivity contribution in [3.05, 3.63) is 107 Å². The van der Waals surface area contributed by atoms with Crippen molar-refractivity contribution in [2.75, 3.05) is 0 Å². The molecule has 0 spiro atoms. The topological polar surface area (TPSA) is 51.8 Å². The van der Waals surface area contributed by atoms with Gasteiger partial charge in [-0.05, 0) is 77.5 Å². The van der Waals surface area contributed by atoms with Crippen LogP contribution in [0, 0.1) is 37.2 Å². The first-order chi connectivity index (χ1) is 27.2. The Balaban J connectivity index is 0.000000274. The number of furan rings is 1. The molecular weight excluding hydrogens is 819 g/mol. The van der Waals surface area contributed by atoms with Gasteiger partial charge in [0.25, 0.3) is 0 Å². The number of rotatable bonds is 6. The van der Waals surface area contributed by atoms with Gasteiger partial charge in [-0.1, -0.05) is 104 Å². The average molecular weight is 884 g/mol. The van der Waals surface area contributed by atoms with E-state index in [-0.39, 0.29) is 54.0 Å². The van der Waals surface area contributed by atoms with Gasteiger partial charge in [0.15, 0.2) is 0 Å². The first-order valence-corrected chi connectivity index (χ1v) is 20.5. The van der Waals surface area contributed by atoms with Crippen molar-refractivity contribution in [2.45, 2.75) is 107 Å². The minimum atomic E-state index is -2.53. The van der Waals surface area contributed by atoms with Crippen LogP contribution in [0.3, 0.4) is 0 Å². The van der Waals surface area contributed by atoms with E-state index in [2.05, 4.69) is 73.6 Å². The zero-order valence-corrected chi connectivity index (χ0v) is 34.9. The number of nitrogens with zero attached hydrogens (tertiary/aromatic N) is 3. The van der Waals surface area contributed by atoms with Gasteiger partial charge < -0.3 is 14.4 Å². The standard InChI is InChI=1S/C23H23N2O.C22H32NSi.Ir/c1-14-13-24-20(11-17(14)12-23(3,4)5)16-7-9-21-19(10-16)18-8-6-15(2)25-22(18)26-21;1-16(2)13-18-14-20(23-15-21(18)24(6,7)8)17-9-11-19(12-10-17)22(3,4)5;/h6,8-11,13H,12H2,1-5H3;9,11-12,14-16H,13H2,1-8H3;/q2*-1;/i1D3,2D3,12D2;13D2;. The summed E-state index contributed by atoms with van der Waals surface area (Å²) in [7, 11) is -1.70. The second-order valence-corrected chi connectivity index (χ2v) is 21.2. The molecule has 0 bridgehead atoms. The summed E-state index contributed by atoms with van der Waals surface area (Å²) in [5.74, 6) is -0.0971. The molecule has 271 valence electrons. The largest absolute Gasteiger partial charge is 0.486 e. The van der Waals surface area contributed by atoms with Gasteiger partial charge in [0, 0.05) is 57.3 Å². The van der Waals surface area contributed by atoms with Crippen molar-refractivity contribution in [1.29, 1.82) is 0 Å². The van der Waals surface area contributed by atoms with Crippen molar-refractivity contribution in [2.24, 2.45) is 11.3 Å². The third-order valence-corrected chi connectivity index (χ3v) is 10.1. The summed E-state index contributed by atoms with van der Waals surface area (Å²) in [5.41, 5.74) is 4.33. The first-order valence-electron chi connectivity index (χ1n) is 22.0. The van der Waals surface area contributed by atoms with E-state index >= 15 is 0 Å². The van der Waals surface area contributed by atoms with Crippen molar-refractivity contribution in [3.63, 3.8) is 0 Å². The molecule has 4 heterocycles. The molecule has 0 atom stereocenters. The number of fused-ring (bicyclic) bond motifs is 3. The SMILES string of the molecule is [2H]C([2H])([2H])c1ccc2c(n1)oc1c[c-]c(-c3cc(C([2H])([2H])C(C)(C)C)c(C([2H])([2H])[2H])cn3)cc12.[2H]C([2H])(c1cc(-c2[c-]cc(C(C)(C)C)cc2)ncc1[Si](C)(C)C)C(C)C.[Ir]. The molecule has 1 radical (unpaired) electrons. The smallest absolute Gasteiger partial charge is 0.216 e. The molecule has 0 saturated heterocycles. The molecule has 6 aromatic rings. The van der Waals surface area contributed by atoms with Crippen LogP contribution in [0.4, 0.5) is 0 Å². The van der Waals surface area contributed by atoms with Crippen LogP contribution >= 0.6 is 0 Å². The molecular formula is C45H55IrN3OSi-2. The van der Waals surface area contributed by atoms with Gasteiger partial charge in [-0.3, -0.25) is 0 Å². The van der Waals surface area contributed by atoms with E-state index in [1.54, 1.807) is 39.0 Å². The van der Waals surface area contributed by atoms with Crippen molar-refractivity contribution in [3.8, 4) is 22.5 Å². The number of hydrogen-bond acceptors (Lipinski definition) is 4. The minimum Gasteiger partial charge on any atom is -0.486 e. The second kappa shape index (κ2) is 15.7. The molecule has 0 aliphatic heterocycles. The number of hydrogen-bond donors (Lipinski definition) is 0. The third-order valence-electron chi connectivity index (χ3n) is 8.07. The van der Waals surface area contributed by atoms with Crippen LogP contribution in [0.5, 0.6) is 0 Å². The van der Waals surface area contributed by atoms with Crippen LogP contribution in [0.2, 0.25) is 19.6 Å². The number of pyridine rings is 3. The summed E-state index contributed by atoms with van der Waals surface area (Å²) in [6.45, 7) is 17.4. The van der Waals surface area contributed by atoms with Crippen molar-refractivity contribution >= 4 is 35.3 Å². The number of aryl methyl sites for hydroxylation is 2. The first kappa shape index (κ1) is 28.1. The van der Waals surface area contributed by atoms with E-state index < -0.39 is 39.9 Å². The summed E-state index contributed by atoms with van der Waals surface area (Å²) in [4.78, 5) is 13.1. The van der Waals surface area contributed by atoms with E-state index in [0.29, 0.717) is 27.6 Å². The summed E-state index contributed by atoms with van der Waals surface area (Å²) in [5, 5.41) is 2.38. The molecule has 6 heteroatoms. The van der Waals surface area contributed by atoms with E-state index in [0.717, 1.165) is 22.0 Å². The Bertz CT molecular complexity index is 2510. The molecule has 4 nitrogen and oxygen atoms in total. The third kappa shape index (κ3) is 10.1. The van der Waals surface area contributed by atoms with Gasteiger partial charge in [0.1, 0.15) is 0 Å². The van der Waals surface area contributed by atoms with Crippen LogP contribution in [-0.4, -0.2) is 23.0 Å². The average Bonchev–Trinajstić information content (AvgIpc) is 3.50. The molecule has 0 unspecified atom stereocenters. The molecule has 51 heavy (non-hydrogen) atoms.